The first kappa shape index (κ1) is 14.3. The van der Waals surface area contributed by atoms with E-state index in [1.807, 2.05) is 31.1 Å². The fourth-order valence-electron chi connectivity index (χ4n) is 1.83. The van der Waals surface area contributed by atoms with E-state index in [1.165, 1.54) is 0 Å². The van der Waals surface area contributed by atoms with Crippen LogP contribution in [0.25, 0.3) is 0 Å². The number of hydrogen-bond donors (Lipinski definition) is 2. The molecule has 0 amide bonds. The first-order valence-corrected chi connectivity index (χ1v) is 5.77. The predicted molar refractivity (Wildman–Crippen MR) is 69.5 cm³/mol. The second-order valence-corrected chi connectivity index (χ2v) is 4.51. The molecular weight excluding hydrogens is 240 g/mol. The van der Waals surface area contributed by atoms with Gasteiger partial charge >= 0.3 is 0 Å². The normalized spacial score (nSPS) is 14.8. The Morgan fingerprint density at radius 2 is 2.12 bits per heavy atom. The van der Waals surface area contributed by atoms with Crippen LogP contribution in [0.15, 0.2) is 18.2 Å². The van der Waals surface area contributed by atoms with E-state index in [-0.39, 0.29) is 12.6 Å². The van der Waals surface area contributed by atoms with Crippen LogP contribution in [0.4, 0.5) is 0 Å². The van der Waals surface area contributed by atoms with Crippen molar-refractivity contribution in [3.05, 3.63) is 28.8 Å². The summed E-state index contributed by atoms with van der Waals surface area (Å²) in [6, 6.07) is 5.18. The Bertz CT molecular complexity index is 372. The van der Waals surface area contributed by atoms with Gasteiger partial charge in [-0.2, -0.15) is 0 Å². The molecule has 0 spiro atoms. The lowest BCUT2D eigenvalue weighted by atomic mass is 10.00. The van der Waals surface area contributed by atoms with E-state index >= 15 is 0 Å². The summed E-state index contributed by atoms with van der Waals surface area (Å²) >= 11 is 6.19. The summed E-state index contributed by atoms with van der Waals surface area (Å²) in [6.07, 6.45) is -0.657. The number of halogens is 1. The van der Waals surface area contributed by atoms with Gasteiger partial charge in [-0.1, -0.05) is 17.7 Å². The number of aliphatic hydroxyl groups is 1. The summed E-state index contributed by atoms with van der Waals surface area (Å²) in [5.41, 5.74) is 6.35. The van der Waals surface area contributed by atoms with Crippen LogP contribution < -0.4 is 10.5 Å². The van der Waals surface area contributed by atoms with E-state index < -0.39 is 6.10 Å². The standard InChI is InChI=1S/C12H19ClN2O2/c1-15(2)12(11(16)7-14)9-5-4-8(17-3)6-10(9)13/h4-6,11-12,16H,7,14H2,1-3H3. The minimum absolute atomic E-state index is 0.186. The number of hydrogen-bond acceptors (Lipinski definition) is 4. The molecule has 17 heavy (non-hydrogen) atoms. The maximum atomic E-state index is 9.94. The van der Waals surface area contributed by atoms with Gasteiger partial charge in [-0.15, -0.1) is 0 Å². The zero-order valence-electron chi connectivity index (χ0n) is 10.4. The van der Waals surface area contributed by atoms with Gasteiger partial charge in [0.05, 0.1) is 19.3 Å². The number of nitrogens with zero attached hydrogens (tertiary/aromatic N) is 1. The number of rotatable bonds is 5. The van der Waals surface area contributed by atoms with Gasteiger partial charge in [0, 0.05) is 11.6 Å². The largest absolute Gasteiger partial charge is 0.497 e. The second-order valence-electron chi connectivity index (χ2n) is 4.10. The fraction of sp³-hybridized carbons (Fsp3) is 0.500. The number of ether oxygens (including phenoxy) is 1. The van der Waals surface area contributed by atoms with Crippen LogP contribution in [0.5, 0.6) is 5.75 Å². The van der Waals surface area contributed by atoms with Crippen molar-refractivity contribution < 1.29 is 9.84 Å². The molecule has 96 valence electrons. The Kier molecular flexibility index (Phi) is 5.21. The van der Waals surface area contributed by atoms with Gasteiger partial charge in [-0.25, -0.2) is 0 Å². The molecule has 1 rings (SSSR count). The first-order chi connectivity index (χ1) is 8.01. The van der Waals surface area contributed by atoms with E-state index in [2.05, 4.69) is 0 Å². The molecule has 0 bridgehead atoms. The predicted octanol–water partition coefficient (Wildman–Crippen LogP) is 1.27. The number of likely N-dealkylation sites (N-methyl/N-ethyl adjacent to an activating group) is 1. The third kappa shape index (κ3) is 3.33. The molecule has 0 saturated carbocycles. The van der Waals surface area contributed by atoms with E-state index in [9.17, 15) is 5.11 Å². The summed E-state index contributed by atoms with van der Waals surface area (Å²) < 4.78 is 5.09. The van der Waals surface area contributed by atoms with Gasteiger partial charge in [0.2, 0.25) is 0 Å². The Morgan fingerprint density at radius 1 is 1.47 bits per heavy atom. The van der Waals surface area contributed by atoms with Crippen molar-refractivity contribution in [1.29, 1.82) is 0 Å². The topological polar surface area (TPSA) is 58.7 Å². The van der Waals surface area contributed by atoms with Gasteiger partial charge in [-0.3, -0.25) is 4.90 Å². The molecule has 1 aromatic carbocycles. The van der Waals surface area contributed by atoms with Gasteiger partial charge < -0.3 is 15.6 Å². The molecule has 2 unspecified atom stereocenters. The minimum Gasteiger partial charge on any atom is -0.497 e. The number of nitrogens with two attached hydrogens (primary N) is 1. The lowest BCUT2D eigenvalue weighted by Gasteiger charge is -2.29. The van der Waals surface area contributed by atoms with Crippen molar-refractivity contribution in [3.8, 4) is 5.75 Å². The van der Waals surface area contributed by atoms with E-state index in [0.29, 0.717) is 10.8 Å². The van der Waals surface area contributed by atoms with Crippen molar-refractivity contribution in [3.63, 3.8) is 0 Å². The lowest BCUT2D eigenvalue weighted by Crippen LogP contribution is -2.36. The molecule has 0 heterocycles. The van der Waals surface area contributed by atoms with Crippen molar-refractivity contribution in [2.75, 3.05) is 27.7 Å². The zero-order chi connectivity index (χ0) is 13.0. The van der Waals surface area contributed by atoms with Crippen molar-refractivity contribution in [1.82, 2.24) is 4.90 Å². The molecule has 4 nitrogen and oxygen atoms in total. The van der Waals surface area contributed by atoms with Gasteiger partial charge in [-0.05, 0) is 31.8 Å². The molecule has 0 aromatic heterocycles. The molecule has 0 aliphatic rings. The summed E-state index contributed by atoms with van der Waals surface area (Å²) in [5.74, 6) is 0.693. The third-order valence-corrected chi connectivity index (χ3v) is 3.02. The summed E-state index contributed by atoms with van der Waals surface area (Å²) in [7, 11) is 5.34. The van der Waals surface area contributed by atoms with Gasteiger partial charge in [0.25, 0.3) is 0 Å². The highest BCUT2D eigenvalue weighted by Crippen LogP contribution is 2.31. The Morgan fingerprint density at radius 3 is 2.53 bits per heavy atom. The molecule has 0 aliphatic carbocycles. The summed E-state index contributed by atoms with van der Waals surface area (Å²) in [4.78, 5) is 1.89. The smallest absolute Gasteiger partial charge is 0.120 e. The monoisotopic (exact) mass is 258 g/mol. The van der Waals surface area contributed by atoms with Crippen LogP contribution in [0.3, 0.4) is 0 Å². The quantitative estimate of drug-likeness (QED) is 0.835. The zero-order valence-corrected chi connectivity index (χ0v) is 11.1. The maximum absolute atomic E-state index is 9.94. The van der Waals surface area contributed by atoms with E-state index in [1.54, 1.807) is 13.2 Å². The van der Waals surface area contributed by atoms with Gasteiger partial charge in [0.15, 0.2) is 0 Å². The van der Waals surface area contributed by atoms with Crippen LogP contribution >= 0.6 is 11.6 Å². The van der Waals surface area contributed by atoms with Crippen LogP contribution in [0.1, 0.15) is 11.6 Å². The van der Waals surface area contributed by atoms with Gasteiger partial charge in [0.1, 0.15) is 5.75 Å². The fourth-order valence-corrected chi connectivity index (χ4v) is 2.12. The van der Waals surface area contributed by atoms with Crippen LogP contribution in [0.2, 0.25) is 5.02 Å². The van der Waals surface area contributed by atoms with Crippen LogP contribution in [-0.2, 0) is 0 Å². The third-order valence-electron chi connectivity index (χ3n) is 2.69. The van der Waals surface area contributed by atoms with Crippen molar-refractivity contribution >= 4 is 11.6 Å². The Labute approximate surface area is 107 Å². The molecule has 1 aromatic rings. The minimum atomic E-state index is -0.657. The van der Waals surface area contributed by atoms with E-state index in [4.69, 9.17) is 22.1 Å². The number of benzene rings is 1. The maximum Gasteiger partial charge on any atom is 0.120 e. The molecule has 0 aliphatic heterocycles. The van der Waals surface area contributed by atoms with Crippen LogP contribution in [-0.4, -0.2) is 43.9 Å². The second kappa shape index (κ2) is 6.21. The molecule has 2 atom stereocenters. The van der Waals surface area contributed by atoms with Crippen LogP contribution in [0, 0.1) is 0 Å². The summed E-state index contributed by atoms with van der Waals surface area (Å²) in [5, 5.41) is 10.5. The first-order valence-electron chi connectivity index (χ1n) is 5.39. The molecule has 3 N–H and O–H groups in total. The molecule has 0 radical (unpaired) electrons. The lowest BCUT2D eigenvalue weighted by molar-refractivity contribution is 0.0823. The molecule has 0 fully saturated rings. The summed E-state index contributed by atoms with van der Waals surface area (Å²) in [6.45, 7) is 0.186. The average molecular weight is 259 g/mol. The molecular formula is C12H19ClN2O2. The highest BCUT2D eigenvalue weighted by atomic mass is 35.5. The highest BCUT2D eigenvalue weighted by molar-refractivity contribution is 6.31. The number of methoxy groups -OCH3 is 1. The average Bonchev–Trinajstić information content (AvgIpc) is 2.30. The van der Waals surface area contributed by atoms with Crippen molar-refractivity contribution in [2.45, 2.75) is 12.1 Å². The Balaban J connectivity index is 3.10. The number of aliphatic hydroxyl groups excluding tert-OH is 1. The Hall–Kier alpha value is -0.810. The highest BCUT2D eigenvalue weighted by Gasteiger charge is 2.24. The van der Waals surface area contributed by atoms with Crippen molar-refractivity contribution in [2.24, 2.45) is 5.73 Å². The molecule has 0 saturated heterocycles. The van der Waals surface area contributed by atoms with E-state index in [0.717, 1.165) is 5.56 Å². The SMILES string of the molecule is COc1ccc(C(C(O)CN)N(C)C)c(Cl)c1. The molecule has 5 heteroatoms.